The summed E-state index contributed by atoms with van der Waals surface area (Å²) < 4.78 is 27.9. The summed E-state index contributed by atoms with van der Waals surface area (Å²) in [5.74, 6) is -0.485. The Balaban J connectivity index is 1.88. The number of halogens is 3. The third-order valence-electron chi connectivity index (χ3n) is 3.42. The van der Waals surface area contributed by atoms with Crippen LogP contribution < -0.4 is 4.90 Å². The van der Waals surface area contributed by atoms with Crippen LogP contribution in [-0.4, -0.2) is 6.54 Å². The Bertz CT molecular complexity index is 628. The van der Waals surface area contributed by atoms with E-state index in [9.17, 15) is 8.78 Å². The number of hydrogen-bond acceptors (Lipinski definition) is 1. The van der Waals surface area contributed by atoms with Gasteiger partial charge in [-0.15, -0.1) is 0 Å². The van der Waals surface area contributed by atoms with Crippen molar-refractivity contribution >= 4 is 21.6 Å². The molecular weight excluding hydrogens is 312 g/mol. The van der Waals surface area contributed by atoms with Crippen LogP contribution in [0.15, 0.2) is 40.9 Å². The lowest BCUT2D eigenvalue weighted by Gasteiger charge is -2.20. The second-order valence-corrected chi connectivity index (χ2v) is 5.60. The zero-order valence-electron chi connectivity index (χ0n) is 10.2. The Labute approximate surface area is 119 Å². The van der Waals surface area contributed by atoms with Crippen molar-refractivity contribution in [3.63, 3.8) is 0 Å². The lowest BCUT2D eigenvalue weighted by Crippen LogP contribution is -2.20. The minimum atomic E-state index is -0.248. The summed E-state index contributed by atoms with van der Waals surface area (Å²) in [5, 5.41) is 0. The molecule has 98 valence electrons. The van der Waals surface area contributed by atoms with Crippen LogP contribution in [0.25, 0.3) is 0 Å². The molecule has 0 spiro atoms. The van der Waals surface area contributed by atoms with Crippen molar-refractivity contribution in [2.24, 2.45) is 0 Å². The van der Waals surface area contributed by atoms with Crippen LogP contribution in [0.3, 0.4) is 0 Å². The lowest BCUT2D eigenvalue weighted by atomic mass is 10.1. The molecule has 0 radical (unpaired) electrons. The van der Waals surface area contributed by atoms with Gasteiger partial charge >= 0.3 is 0 Å². The minimum Gasteiger partial charge on any atom is -0.366 e. The first-order valence-corrected chi connectivity index (χ1v) is 6.90. The Morgan fingerprint density at radius 1 is 1.11 bits per heavy atom. The molecule has 0 aromatic heterocycles. The average Bonchev–Trinajstić information content (AvgIpc) is 2.75. The summed E-state index contributed by atoms with van der Waals surface area (Å²) in [4.78, 5) is 2.02. The van der Waals surface area contributed by atoms with Gasteiger partial charge in [-0.25, -0.2) is 8.78 Å². The molecule has 0 bridgehead atoms. The first kappa shape index (κ1) is 12.6. The van der Waals surface area contributed by atoms with Gasteiger partial charge in [0.25, 0.3) is 0 Å². The number of nitrogens with zero attached hydrogens (tertiary/aromatic N) is 1. The van der Waals surface area contributed by atoms with E-state index in [1.807, 2.05) is 17.0 Å². The monoisotopic (exact) mass is 323 g/mol. The zero-order valence-corrected chi connectivity index (χ0v) is 11.8. The maximum atomic E-state index is 13.8. The first-order chi connectivity index (χ1) is 9.13. The van der Waals surface area contributed by atoms with Crippen molar-refractivity contribution in [1.82, 2.24) is 0 Å². The molecule has 0 saturated heterocycles. The quantitative estimate of drug-likeness (QED) is 0.796. The molecule has 0 unspecified atom stereocenters. The minimum absolute atomic E-state index is 0.237. The fraction of sp³-hybridized carbons (Fsp3) is 0.200. The van der Waals surface area contributed by atoms with E-state index in [4.69, 9.17) is 0 Å². The van der Waals surface area contributed by atoms with Gasteiger partial charge < -0.3 is 4.90 Å². The van der Waals surface area contributed by atoms with Crippen LogP contribution in [0.5, 0.6) is 0 Å². The fourth-order valence-electron chi connectivity index (χ4n) is 2.44. The van der Waals surface area contributed by atoms with Gasteiger partial charge in [0, 0.05) is 28.8 Å². The van der Waals surface area contributed by atoms with Crippen molar-refractivity contribution in [2.75, 3.05) is 11.4 Å². The number of fused-ring (bicyclic) bond motifs is 1. The van der Waals surface area contributed by atoms with Gasteiger partial charge in [-0.05, 0) is 36.2 Å². The molecule has 3 rings (SSSR count). The zero-order chi connectivity index (χ0) is 13.4. The van der Waals surface area contributed by atoms with Crippen LogP contribution in [0.4, 0.5) is 14.5 Å². The van der Waals surface area contributed by atoms with Crippen molar-refractivity contribution in [2.45, 2.75) is 13.0 Å². The standard InChI is InChI=1S/C15H12BrF2N/c16-12-3-1-11(14(18)7-12)9-19-6-5-10-2-4-13(17)8-15(10)19/h1-4,7-8H,5-6,9H2. The molecule has 2 aromatic carbocycles. The molecule has 1 aliphatic heterocycles. The molecule has 0 aliphatic carbocycles. The summed E-state index contributed by atoms with van der Waals surface area (Å²) in [6.45, 7) is 1.27. The van der Waals surface area contributed by atoms with Crippen molar-refractivity contribution < 1.29 is 8.78 Å². The van der Waals surface area contributed by atoms with Gasteiger partial charge in [-0.3, -0.25) is 0 Å². The number of anilines is 1. The summed E-state index contributed by atoms with van der Waals surface area (Å²) >= 11 is 3.24. The van der Waals surface area contributed by atoms with Crippen molar-refractivity contribution in [3.05, 3.63) is 63.6 Å². The molecular formula is C15H12BrF2N. The Kier molecular flexibility index (Phi) is 3.27. The van der Waals surface area contributed by atoms with E-state index in [1.165, 1.54) is 18.2 Å². The molecule has 1 heterocycles. The molecule has 1 nitrogen and oxygen atoms in total. The van der Waals surface area contributed by atoms with E-state index in [1.54, 1.807) is 6.07 Å². The SMILES string of the molecule is Fc1ccc2c(c1)N(Cc1ccc(Br)cc1F)CC2. The van der Waals surface area contributed by atoms with Gasteiger partial charge in [-0.1, -0.05) is 28.1 Å². The van der Waals surface area contributed by atoms with Crippen LogP contribution in [-0.2, 0) is 13.0 Å². The molecule has 0 saturated carbocycles. The smallest absolute Gasteiger partial charge is 0.129 e. The Hall–Kier alpha value is -1.42. The molecule has 0 fully saturated rings. The summed E-state index contributed by atoms with van der Waals surface area (Å²) in [6.07, 6.45) is 0.883. The van der Waals surface area contributed by atoms with Crippen molar-refractivity contribution in [3.8, 4) is 0 Å². The molecule has 0 N–H and O–H groups in total. The van der Waals surface area contributed by atoms with E-state index in [-0.39, 0.29) is 11.6 Å². The van der Waals surface area contributed by atoms with Gasteiger partial charge in [0.15, 0.2) is 0 Å². The fourth-order valence-corrected chi connectivity index (χ4v) is 2.77. The van der Waals surface area contributed by atoms with Crippen molar-refractivity contribution in [1.29, 1.82) is 0 Å². The highest BCUT2D eigenvalue weighted by atomic mass is 79.9. The highest BCUT2D eigenvalue weighted by Gasteiger charge is 2.20. The first-order valence-electron chi connectivity index (χ1n) is 6.11. The second kappa shape index (κ2) is 4.93. The van der Waals surface area contributed by atoms with Crippen LogP contribution in [0, 0.1) is 11.6 Å². The number of hydrogen-bond donors (Lipinski definition) is 0. The van der Waals surface area contributed by atoms with Crippen LogP contribution in [0.1, 0.15) is 11.1 Å². The topological polar surface area (TPSA) is 3.24 Å². The molecule has 19 heavy (non-hydrogen) atoms. The van der Waals surface area contributed by atoms with E-state index in [2.05, 4.69) is 15.9 Å². The van der Waals surface area contributed by atoms with Gasteiger partial charge in [0.05, 0.1) is 0 Å². The molecule has 0 atom stereocenters. The van der Waals surface area contributed by atoms with Crippen LogP contribution in [0.2, 0.25) is 0 Å². The van der Waals surface area contributed by atoms with E-state index in [0.717, 1.165) is 28.7 Å². The summed E-state index contributed by atoms with van der Waals surface area (Å²) in [7, 11) is 0. The van der Waals surface area contributed by atoms with Gasteiger partial charge in [0.2, 0.25) is 0 Å². The summed E-state index contributed by atoms with van der Waals surface area (Å²) in [6, 6.07) is 9.85. The average molecular weight is 324 g/mol. The number of rotatable bonds is 2. The maximum Gasteiger partial charge on any atom is 0.129 e. The number of benzene rings is 2. The summed E-state index contributed by atoms with van der Waals surface area (Å²) in [5.41, 5.74) is 2.63. The third-order valence-corrected chi connectivity index (χ3v) is 3.91. The molecule has 1 aliphatic rings. The largest absolute Gasteiger partial charge is 0.366 e. The Morgan fingerprint density at radius 2 is 1.95 bits per heavy atom. The maximum absolute atomic E-state index is 13.8. The highest BCUT2D eigenvalue weighted by Crippen LogP contribution is 2.30. The third kappa shape index (κ3) is 2.50. The Morgan fingerprint density at radius 3 is 2.74 bits per heavy atom. The van der Waals surface area contributed by atoms with Gasteiger partial charge in [0.1, 0.15) is 11.6 Å². The molecule has 4 heteroatoms. The van der Waals surface area contributed by atoms with E-state index in [0.29, 0.717) is 12.1 Å². The van der Waals surface area contributed by atoms with Crippen LogP contribution >= 0.6 is 15.9 Å². The molecule has 0 amide bonds. The predicted molar refractivity (Wildman–Crippen MR) is 75.3 cm³/mol. The normalized spacial score (nSPS) is 13.7. The van der Waals surface area contributed by atoms with Gasteiger partial charge in [-0.2, -0.15) is 0 Å². The highest BCUT2D eigenvalue weighted by molar-refractivity contribution is 9.10. The van der Waals surface area contributed by atoms with E-state index < -0.39 is 0 Å². The lowest BCUT2D eigenvalue weighted by molar-refractivity contribution is 0.604. The van der Waals surface area contributed by atoms with E-state index >= 15 is 0 Å². The molecule has 2 aromatic rings. The second-order valence-electron chi connectivity index (χ2n) is 4.68. The predicted octanol–water partition coefficient (Wildman–Crippen LogP) is 4.29.